The molecule has 2 saturated carbocycles. The largest absolute Gasteiger partial charge is 0.387 e. The van der Waals surface area contributed by atoms with Gasteiger partial charge in [0.1, 0.15) is 0 Å². The van der Waals surface area contributed by atoms with Gasteiger partial charge in [0, 0.05) is 18.4 Å². The number of methoxy groups -OCH3 is 1. The molecule has 0 aromatic carbocycles. The third-order valence-corrected chi connectivity index (χ3v) is 3.71. The SMILES string of the molecule is COC1CC(N=C(N)C2CC2)C1(C)C. The van der Waals surface area contributed by atoms with Crippen molar-refractivity contribution >= 4 is 5.84 Å². The number of ether oxygens (including phenoxy) is 1. The van der Waals surface area contributed by atoms with Crippen LogP contribution in [0.25, 0.3) is 0 Å². The standard InChI is InChI=1S/C11H20N2O/c1-11(2)8(6-9(11)14-3)13-10(12)7-4-5-7/h7-9H,4-6H2,1-3H3,(H2,12,13). The fourth-order valence-corrected chi connectivity index (χ4v) is 2.15. The first-order chi connectivity index (χ1) is 6.55. The molecule has 2 aliphatic rings. The third-order valence-electron chi connectivity index (χ3n) is 3.71. The molecule has 0 aromatic rings. The molecule has 0 bridgehead atoms. The van der Waals surface area contributed by atoms with Crippen molar-refractivity contribution in [1.82, 2.24) is 0 Å². The number of nitrogens with zero attached hydrogens (tertiary/aromatic N) is 1. The van der Waals surface area contributed by atoms with E-state index in [9.17, 15) is 0 Å². The number of rotatable bonds is 3. The predicted octanol–water partition coefficient (Wildman–Crippen LogP) is 1.57. The molecule has 2 fully saturated rings. The molecule has 0 spiro atoms. The van der Waals surface area contributed by atoms with E-state index in [0.717, 1.165) is 12.3 Å². The van der Waals surface area contributed by atoms with Crippen molar-refractivity contribution in [3.05, 3.63) is 0 Å². The van der Waals surface area contributed by atoms with Crippen LogP contribution in [-0.4, -0.2) is 25.1 Å². The van der Waals surface area contributed by atoms with Crippen LogP contribution in [0.2, 0.25) is 0 Å². The Balaban J connectivity index is 1.97. The summed E-state index contributed by atoms with van der Waals surface area (Å²) in [6.07, 6.45) is 3.84. The summed E-state index contributed by atoms with van der Waals surface area (Å²) in [5, 5.41) is 0. The van der Waals surface area contributed by atoms with Gasteiger partial charge in [0.2, 0.25) is 0 Å². The summed E-state index contributed by atoms with van der Waals surface area (Å²) < 4.78 is 5.38. The molecule has 2 N–H and O–H groups in total. The molecule has 0 heterocycles. The molecule has 0 saturated heterocycles. The highest BCUT2D eigenvalue weighted by molar-refractivity contribution is 5.85. The van der Waals surface area contributed by atoms with Gasteiger partial charge in [-0.2, -0.15) is 0 Å². The summed E-state index contributed by atoms with van der Waals surface area (Å²) in [6.45, 7) is 4.41. The Hall–Kier alpha value is -0.570. The van der Waals surface area contributed by atoms with Crippen molar-refractivity contribution in [2.24, 2.45) is 22.1 Å². The minimum atomic E-state index is 0.161. The third kappa shape index (κ3) is 1.54. The Labute approximate surface area is 85.7 Å². The Kier molecular flexibility index (Phi) is 2.30. The van der Waals surface area contributed by atoms with Crippen LogP contribution in [0.4, 0.5) is 0 Å². The highest BCUT2D eigenvalue weighted by Crippen LogP contribution is 2.45. The quantitative estimate of drug-likeness (QED) is 0.550. The van der Waals surface area contributed by atoms with Gasteiger partial charge in [-0.05, 0) is 19.3 Å². The molecule has 2 unspecified atom stereocenters. The lowest BCUT2D eigenvalue weighted by Crippen LogP contribution is -2.53. The Morgan fingerprint density at radius 3 is 2.50 bits per heavy atom. The Bertz CT molecular complexity index is 256. The van der Waals surface area contributed by atoms with Gasteiger partial charge < -0.3 is 10.5 Å². The lowest BCUT2D eigenvalue weighted by molar-refractivity contribution is -0.0851. The molecule has 80 valence electrons. The van der Waals surface area contributed by atoms with E-state index >= 15 is 0 Å². The summed E-state index contributed by atoms with van der Waals surface area (Å²) in [5.41, 5.74) is 6.07. The maximum absolute atomic E-state index is 5.91. The van der Waals surface area contributed by atoms with Crippen molar-refractivity contribution in [1.29, 1.82) is 0 Å². The average molecular weight is 196 g/mol. The predicted molar refractivity (Wildman–Crippen MR) is 57.3 cm³/mol. The van der Waals surface area contributed by atoms with Crippen LogP contribution in [0.5, 0.6) is 0 Å². The van der Waals surface area contributed by atoms with Crippen LogP contribution in [0.15, 0.2) is 4.99 Å². The van der Waals surface area contributed by atoms with Crippen molar-refractivity contribution in [2.45, 2.75) is 45.3 Å². The van der Waals surface area contributed by atoms with Crippen molar-refractivity contribution < 1.29 is 4.74 Å². The van der Waals surface area contributed by atoms with E-state index in [1.165, 1.54) is 12.8 Å². The molecule has 2 atom stereocenters. The number of aliphatic imine (C=N–C) groups is 1. The van der Waals surface area contributed by atoms with E-state index in [0.29, 0.717) is 18.1 Å². The maximum atomic E-state index is 5.91. The molecule has 0 aromatic heterocycles. The molecule has 0 amide bonds. The molecule has 3 nitrogen and oxygen atoms in total. The van der Waals surface area contributed by atoms with Crippen LogP contribution in [0.1, 0.15) is 33.1 Å². The zero-order chi connectivity index (χ0) is 10.3. The first-order valence-corrected chi connectivity index (χ1v) is 5.41. The average Bonchev–Trinajstić information content (AvgIpc) is 2.93. The molecule has 0 aliphatic heterocycles. The van der Waals surface area contributed by atoms with Crippen molar-refractivity contribution in [2.75, 3.05) is 7.11 Å². The first kappa shape index (κ1) is 9.97. The van der Waals surface area contributed by atoms with E-state index in [1.54, 1.807) is 7.11 Å². The second kappa shape index (κ2) is 3.23. The van der Waals surface area contributed by atoms with Gasteiger partial charge in [-0.3, -0.25) is 4.99 Å². The molecule has 0 radical (unpaired) electrons. The molecule has 14 heavy (non-hydrogen) atoms. The Morgan fingerprint density at radius 1 is 1.43 bits per heavy atom. The Morgan fingerprint density at radius 2 is 2.07 bits per heavy atom. The molecule has 2 rings (SSSR count). The second-order valence-electron chi connectivity index (χ2n) is 5.13. The minimum absolute atomic E-state index is 0.161. The molecule has 2 aliphatic carbocycles. The van der Waals surface area contributed by atoms with Gasteiger partial charge in [0.15, 0.2) is 0 Å². The lowest BCUT2D eigenvalue weighted by atomic mass is 9.65. The highest BCUT2D eigenvalue weighted by atomic mass is 16.5. The zero-order valence-corrected chi connectivity index (χ0v) is 9.29. The minimum Gasteiger partial charge on any atom is -0.387 e. The van der Waals surface area contributed by atoms with Crippen LogP contribution in [-0.2, 0) is 4.74 Å². The van der Waals surface area contributed by atoms with E-state index in [4.69, 9.17) is 10.5 Å². The van der Waals surface area contributed by atoms with Gasteiger partial charge in [-0.1, -0.05) is 13.8 Å². The van der Waals surface area contributed by atoms with E-state index in [2.05, 4.69) is 18.8 Å². The fourth-order valence-electron chi connectivity index (χ4n) is 2.15. The van der Waals surface area contributed by atoms with Gasteiger partial charge in [-0.25, -0.2) is 0 Å². The van der Waals surface area contributed by atoms with Crippen LogP contribution < -0.4 is 5.73 Å². The lowest BCUT2D eigenvalue weighted by Gasteiger charge is -2.49. The molecular formula is C11H20N2O. The van der Waals surface area contributed by atoms with Gasteiger partial charge in [-0.15, -0.1) is 0 Å². The fraction of sp³-hybridized carbons (Fsp3) is 0.909. The summed E-state index contributed by atoms with van der Waals surface area (Å²) in [7, 11) is 1.77. The zero-order valence-electron chi connectivity index (χ0n) is 9.29. The van der Waals surface area contributed by atoms with E-state index in [-0.39, 0.29) is 5.41 Å². The number of amidine groups is 1. The monoisotopic (exact) mass is 196 g/mol. The van der Waals surface area contributed by atoms with Gasteiger partial charge in [0.05, 0.1) is 18.0 Å². The normalized spacial score (nSPS) is 36.6. The molecule has 3 heteroatoms. The first-order valence-electron chi connectivity index (χ1n) is 5.41. The smallest absolute Gasteiger partial charge is 0.0972 e. The highest BCUT2D eigenvalue weighted by Gasteiger charge is 2.49. The van der Waals surface area contributed by atoms with Crippen LogP contribution in [0.3, 0.4) is 0 Å². The summed E-state index contributed by atoms with van der Waals surface area (Å²) in [5.74, 6) is 1.46. The summed E-state index contributed by atoms with van der Waals surface area (Å²) in [4.78, 5) is 4.61. The topological polar surface area (TPSA) is 47.6 Å². The van der Waals surface area contributed by atoms with E-state index < -0.39 is 0 Å². The number of hydrogen-bond acceptors (Lipinski definition) is 2. The van der Waals surface area contributed by atoms with Crippen LogP contribution >= 0.6 is 0 Å². The van der Waals surface area contributed by atoms with E-state index in [1.807, 2.05) is 0 Å². The van der Waals surface area contributed by atoms with Crippen molar-refractivity contribution in [3.63, 3.8) is 0 Å². The number of nitrogens with two attached hydrogens (primary N) is 1. The van der Waals surface area contributed by atoms with Crippen molar-refractivity contribution in [3.8, 4) is 0 Å². The maximum Gasteiger partial charge on any atom is 0.0972 e. The second-order valence-corrected chi connectivity index (χ2v) is 5.13. The summed E-state index contributed by atoms with van der Waals surface area (Å²) >= 11 is 0. The van der Waals surface area contributed by atoms with Crippen LogP contribution in [0, 0.1) is 11.3 Å². The number of hydrogen-bond donors (Lipinski definition) is 1. The van der Waals surface area contributed by atoms with Gasteiger partial charge >= 0.3 is 0 Å². The molecular weight excluding hydrogens is 176 g/mol. The van der Waals surface area contributed by atoms with Gasteiger partial charge in [0.25, 0.3) is 0 Å². The summed E-state index contributed by atoms with van der Waals surface area (Å²) in [6, 6.07) is 0.369.